The molecule has 3 rings (SSSR count). The van der Waals surface area contributed by atoms with Gasteiger partial charge < -0.3 is 19.2 Å². The third-order valence-electron chi connectivity index (χ3n) is 4.79. The number of aromatic nitrogens is 2. The molecule has 0 radical (unpaired) electrons. The zero-order valence-electron chi connectivity index (χ0n) is 15.4. The summed E-state index contributed by atoms with van der Waals surface area (Å²) in [6, 6.07) is 0. The summed E-state index contributed by atoms with van der Waals surface area (Å²) in [5.74, 6) is -0.146. The molecule has 1 fully saturated rings. The van der Waals surface area contributed by atoms with Crippen LogP contribution >= 0.6 is 0 Å². The maximum atomic E-state index is 13.1. The van der Waals surface area contributed by atoms with Gasteiger partial charge in [0.15, 0.2) is 0 Å². The Morgan fingerprint density at radius 2 is 2.19 bits per heavy atom. The van der Waals surface area contributed by atoms with Crippen LogP contribution in [0.5, 0.6) is 0 Å². The van der Waals surface area contributed by atoms with Gasteiger partial charge in [0, 0.05) is 26.7 Å². The van der Waals surface area contributed by atoms with E-state index in [2.05, 4.69) is 10.3 Å². The first kappa shape index (κ1) is 18.2. The van der Waals surface area contributed by atoms with E-state index in [1.807, 2.05) is 6.92 Å². The molecular formula is C18H24N4O4. The van der Waals surface area contributed by atoms with Gasteiger partial charge in [-0.15, -0.1) is 0 Å². The van der Waals surface area contributed by atoms with Crippen LogP contribution in [0, 0.1) is 12.8 Å². The van der Waals surface area contributed by atoms with E-state index >= 15 is 0 Å². The highest BCUT2D eigenvalue weighted by atomic mass is 16.3. The number of aryl methyl sites for hydroxylation is 2. The van der Waals surface area contributed by atoms with Gasteiger partial charge in [-0.25, -0.2) is 4.98 Å². The maximum absolute atomic E-state index is 13.1. The van der Waals surface area contributed by atoms with Crippen LogP contribution in [0.15, 0.2) is 15.5 Å². The van der Waals surface area contributed by atoms with Crippen molar-refractivity contribution in [1.29, 1.82) is 0 Å². The van der Waals surface area contributed by atoms with Crippen molar-refractivity contribution in [1.82, 2.24) is 19.8 Å². The molecule has 0 aromatic carbocycles. The first-order chi connectivity index (χ1) is 12.4. The zero-order chi connectivity index (χ0) is 18.8. The molecule has 1 aliphatic heterocycles. The lowest BCUT2D eigenvalue weighted by atomic mass is 9.96. The lowest BCUT2D eigenvalue weighted by Gasteiger charge is -2.32. The number of amides is 2. The van der Waals surface area contributed by atoms with Crippen molar-refractivity contribution in [3.63, 3.8) is 0 Å². The fourth-order valence-electron chi connectivity index (χ4n) is 3.37. The van der Waals surface area contributed by atoms with Gasteiger partial charge >= 0.3 is 0 Å². The van der Waals surface area contributed by atoms with E-state index in [1.165, 1.54) is 10.9 Å². The number of furan rings is 1. The van der Waals surface area contributed by atoms with Gasteiger partial charge in [-0.1, -0.05) is 6.92 Å². The van der Waals surface area contributed by atoms with Crippen LogP contribution in [-0.4, -0.2) is 45.9 Å². The van der Waals surface area contributed by atoms with Crippen LogP contribution in [0.1, 0.15) is 42.3 Å². The van der Waals surface area contributed by atoms with Gasteiger partial charge in [-0.3, -0.25) is 14.4 Å². The molecule has 1 N–H and O–H groups in total. The summed E-state index contributed by atoms with van der Waals surface area (Å²) < 4.78 is 6.85. The number of hydrogen-bond donors (Lipinski definition) is 1. The quantitative estimate of drug-likeness (QED) is 0.884. The van der Waals surface area contributed by atoms with Crippen LogP contribution in [-0.2, 0) is 11.8 Å². The van der Waals surface area contributed by atoms with Crippen molar-refractivity contribution in [2.24, 2.45) is 13.0 Å². The molecule has 2 amide bonds. The topological polar surface area (TPSA) is 97.4 Å². The number of fused-ring (bicyclic) bond motifs is 1. The summed E-state index contributed by atoms with van der Waals surface area (Å²) in [6.45, 7) is 5.20. The van der Waals surface area contributed by atoms with Crippen LogP contribution < -0.4 is 10.9 Å². The van der Waals surface area contributed by atoms with E-state index in [4.69, 9.17) is 4.42 Å². The van der Waals surface area contributed by atoms with Crippen LogP contribution in [0.25, 0.3) is 11.1 Å². The van der Waals surface area contributed by atoms with Gasteiger partial charge in [0.1, 0.15) is 17.5 Å². The minimum Gasteiger partial charge on any atom is -0.442 e. The number of nitrogens with one attached hydrogen (secondary N) is 1. The Bertz CT molecular complexity index is 898. The molecule has 8 heteroatoms. The molecule has 1 atom stereocenters. The molecule has 1 aliphatic rings. The first-order valence-electron chi connectivity index (χ1n) is 8.95. The molecule has 8 nitrogen and oxygen atoms in total. The molecular weight excluding hydrogens is 336 g/mol. The summed E-state index contributed by atoms with van der Waals surface area (Å²) in [5, 5.41) is 3.10. The number of piperidine rings is 1. The molecule has 140 valence electrons. The molecule has 3 heterocycles. The van der Waals surface area contributed by atoms with Crippen molar-refractivity contribution in [3.05, 3.63) is 28.0 Å². The van der Waals surface area contributed by atoms with Gasteiger partial charge in [0.25, 0.3) is 11.5 Å². The largest absolute Gasteiger partial charge is 0.442 e. The summed E-state index contributed by atoms with van der Waals surface area (Å²) in [6.07, 6.45) is 3.75. The van der Waals surface area contributed by atoms with Gasteiger partial charge in [0.2, 0.25) is 11.6 Å². The highest BCUT2D eigenvalue weighted by Crippen LogP contribution is 2.25. The third kappa shape index (κ3) is 3.23. The van der Waals surface area contributed by atoms with E-state index in [0.29, 0.717) is 25.4 Å². The monoisotopic (exact) mass is 360 g/mol. The van der Waals surface area contributed by atoms with Crippen LogP contribution in [0.4, 0.5) is 0 Å². The molecule has 0 spiro atoms. The molecule has 1 saturated heterocycles. The minimum atomic E-state index is -0.315. The second-order valence-electron chi connectivity index (χ2n) is 6.76. The summed E-state index contributed by atoms with van der Waals surface area (Å²) >= 11 is 0. The average Bonchev–Trinajstić information content (AvgIpc) is 2.99. The molecule has 0 saturated carbocycles. The predicted octanol–water partition coefficient (Wildman–Crippen LogP) is 1.21. The van der Waals surface area contributed by atoms with E-state index in [0.717, 1.165) is 19.3 Å². The second-order valence-corrected chi connectivity index (χ2v) is 6.76. The van der Waals surface area contributed by atoms with Crippen LogP contribution in [0.2, 0.25) is 0 Å². The zero-order valence-corrected chi connectivity index (χ0v) is 15.4. The predicted molar refractivity (Wildman–Crippen MR) is 95.9 cm³/mol. The molecule has 0 aliphatic carbocycles. The SMILES string of the molecule is CCCNC(=O)C1CCCN(C(=O)c2c(C)oc3ncn(C)c(=O)c23)C1. The summed E-state index contributed by atoms with van der Waals surface area (Å²) in [4.78, 5) is 43.6. The highest BCUT2D eigenvalue weighted by Gasteiger charge is 2.32. The third-order valence-corrected chi connectivity index (χ3v) is 4.79. The second kappa shape index (κ2) is 7.31. The Morgan fingerprint density at radius 1 is 1.42 bits per heavy atom. The Labute approximate surface area is 151 Å². The molecule has 1 unspecified atom stereocenters. The molecule has 2 aromatic rings. The van der Waals surface area contributed by atoms with E-state index < -0.39 is 0 Å². The standard InChI is InChI=1S/C18H24N4O4/c1-4-7-19-15(23)12-6-5-8-22(9-12)18(25)13-11(2)26-16-14(13)17(24)21(3)10-20-16/h10,12H,4-9H2,1-3H3,(H,19,23). The van der Waals surface area contributed by atoms with E-state index in [-0.39, 0.29) is 40.0 Å². The fraction of sp³-hybridized carbons (Fsp3) is 0.556. The lowest BCUT2D eigenvalue weighted by molar-refractivity contribution is -0.126. The number of likely N-dealkylation sites (tertiary alicyclic amines) is 1. The number of nitrogens with zero attached hydrogens (tertiary/aromatic N) is 3. The Kier molecular flexibility index (Phi) is 5.11. The number of rotatable bonds is 4. The molecule has 2 aromatic heterocycles. The van der Waals surface area contributed by atoms with Crippen molar-refractivity contribution in [3.8, 4) is 0 Å². The van der Waals surface area contributed by atoms with Crippen molar-refractivity contribution in [2.45, 2.75) is 33.1 Å². The Morgan fingerprint density at radius 3 is 2.92 bits per heavy atom. The number of carbonyl (C=O) groups is 2. The lowest BCUT2D eigenvalue weighted by Crippen LogP contribution is -2.45. The van der Waals surface area contributed by atoms with Crippen LogP contribution in [0.3, 0.4) is 0 Å². The maximum Gasteiger partial charge on any atom is 0.265 e. The summed E-state index contributed by atoms with van der Waals surface area (Å²) in [7, 11) is 1.58. The van der Waals surface area contributed by atoms with E-state index in [1.54, 1.807) is 18.9 Å². The summed E-state index contributed by atoms with van der Waals surface area (Å²) in [5.41, 5.74) is 0.107. The minimum absolute atomic E-state index is 0.0179. The van der Waals surface area contributed by atoms with Crippen molar-refractivity contribution >= 4 is 22.9 Å². The molecule has 26 heavy (non-hydrogen) atoms. The Balaban J connectivity index is 1.89. The molecule has 0 bridgehead atoms. The highest BCUT2D eigenvalue weighted by molar-refractivity contribution is 6.06. The number of carbonyl (C=O) groups excluding carboxylic acids is 2. The first-order valence-corrected chi connectivity index (χ1v) is 8.95. The van der Waals surface area contributed by atoms with Gasteiger partial charge in [-0.05, 0) is 26.2 Å². The van der Waals surface area contributed by atoms with Crippen molar-refractivity contribution in [2.75, 3.05) is 19.6 Å². The fourth-order valence-corrected chi connectivity index (χ4v) is 3.37. The smallest absolute Gasteiger partial charge is 0.265 e. The normalized spacial score (nSPS) is 17.5. The average molecular weight is 360 g/mol. The van der Waals surface area contributed by atoms with Gasteiger partial charge in [-0.2, -0.15) is 0 Å². The van der Waals surface area contributed by atoms with E-state index in [9.17, 15) is 14.4 Å². The van der Waals surface area contributed by atoms with Gasteiger partial charge in [0.05, 0.1) is 11.5 Å². The van der Waals surface area contributed by atoms with Crippen molar-refractivity contribution < 1.29 is 14.0 Å². The number of hydrogen-bond acceptors (Lipinski definition) is 5. The Hall–Kier alpha value is -2.64.